The van der Waals surface area contributed by atoms with Crippen LogP contribution in [0.15, 0.2) is 30.6 Å². The van der Waals surface area contributed by atoms with Crippen molar-refractivity contribution in [2.45, 2.75) is 12.2 Å². The molecule has 0 aliphatic rings. The van der Waals surface area contributed by atoms with Crippen LogP contribution in [0.3, 0.4) is 0 Å². The zero-order valence-electron chi connectivity index (χ0n) is 9.95. The molecule has 1 atom stereocenters. The maximum Gasteiger partial charge on any atom is 0.416 e. The highest BCUT2D eigenvalue weighted by molar-refractivity contribution is 5.32. The molecule has 0 saturated carbocycles. The molecule has 2 aromatic rings. The van der Waals surface area contributed by atoms with Crippen molar-refractivity contribution in [1.29, 1.82) is 0 Å². The van der Waals surface area contributed by atoms with Gasteiger partial charge in [0.25, 0.3) is 0 Å². The molecule has 0 saturated heterocycles. The maximum absolute atomic E-state index is 13.6. The van der Waals surface area contributed by atoms with Gasteiger partial charge < -0.3 is 10.3 Å². The fourth-order valence-corrected chi connectivity index (χ4v) is 1.77. The van der Waals surface area contributed by atoms with Crippen molar-refractivity contribution >= 4 is 0 Å². The normalized spacial score (nSPS) is 13.6. The first-order valence-corrected chi connectivity index (χ1v) is 5.40. The number of alkyl halides is 3. The van der Waals surface area contributed by atoms with Crippen LogP contribution in [0.25, 0.3) is 0 Å². The first-order valence-electron chi connectivity index (χ1n) is 5.40. The van der Waals surface area contributed by atoms with Crippen molar-refractivity contribution in [2.24, 2.45) is 12.8 Å². The van der Waals surface area contributed by atoms with Crippen molar-refractivity contribution in [3.05, 3.63) is 53.4 Å². The van der Waals surface area contributed by atoms with Crippen LogP contribution in [0, 0.1) is 5.82 Å². The summed E-state index contributed by atoms with van der Waals surface area (Å²) in [6, 6.07) is 1.11. The summed E-state index contributed by atoms with van der Waals surface area (Å²) in [4.78, 5) is 3.92. The monoisotopic (exact) mass is 273 g/mol. The summed E-state index contributed by atoms with van der Waals surface area (Å²) in [7, 11) is 1.63. The number of aryl methyl sites for hydroxylation is 1. The van der Waals surface area contributed by atoms with E-state index in [1.165, 1.54) is 10.8 Å². The Bertz CT molecular complexity index is 589. The minimum absolute atomic E-state index is 0.232. The van der Waals surface area contributed by atoms with Gasteiger partial charge in [0.1, 0.15) is 11.6 Å². The van der Waals surface area contributed by atoms with Gasteiger partial charge in [-0.1, -0.05) is 0 Å². The summed E-state index contributed by atoms with van der Waals surface area (Å²) < 4.78 is 53.0. The number of nitrogens with zero attached hydrogens (tertiary/aromatic N) is 2. The zero-order valence-corrected chi connectivity index (χ0v) is 9.95. The summed E-state index contributed by atoms with van der Waals surface area (Å²) in [5.74, 6) is -0.498. The van der Waals surface area contributed by atoms with Crippen molar-refractivity contribution in [3.8, 4) is 0 Å². The molecule has 0 aliphatic carbocycles. The topological polar surface area (TPSA) is 43.8 Å². The molecule has 0 aliphatic heterocycles. The third-order valence-electron chi connectivity index (χ3n) is 2.80. The number of hydrogen-bond donors (Lipinski definition) is 1. The van der Waals surface area contributed by atoms with Crippen LogP contribution in [0.2, 0.25) is 0 Å². The highest BCUT2D eigenvalue weighted by Crippen LogP contribution is 2.32. The lowest BCUT2D eigenvalue weighted by Crippen LogP contribution is -2.19. The highest BCUT2D eigenvalue weighted by Gasteiger charge is 2.32. The van der Waals surface area contributed by atoms with Gasteiger partial charge in [0.05, 0.1) is 11.6 Å². The molecule has 0 radical (unpaired) electrons. The predicted molar refractivity (Wildman–Crippen MR) is 60.6 cm³/mol. The Labute approximate surface area is 106 Å². The average Bonchev–Trinajstić information content (AvgIpc) is 2.73. The first-order chi connectivity index (χ1) is 8.80. The summed E-state index contributed by atoms with van der Waals surface area (Å²) in [6.07, 6.45) is -1.51. The molecular weight excluding hydrogens is 262 g/mol. The van der Waals surface area contributed by atoms with Gasteiger partial charge in [-0.25, -0.2) is 9.37 Å². The van der Waals surface area contributed by atoms with Crippen LogP contribution in [0.5, 0.6) is 0 Å². The molecule has 2 N–H and O–H groups in total. The summed E-state index contributed by atoms with van der Waals surface area (Å²) in [6.45, 7) is 0. The number of nitrogens with two attached hydrogens (primary N) is 1. The lowest BCUT2D eigenvalue weighted by Gasteiger charge is -2.15. The lowest BCUT2D eigenvalue weighted by atomic mass is 10.0. The Hall–Kier alpha value is -1.89. The van der Waals surface area contributed by atoms with Gasteiger partial charge in [-0.2, -0.15) is 13.2 Å². The fourth-order valence-electron chi connectivity index (χ4n) is 1.77. The van der Waals surface area contributed by atoms with E-state index in [1.807, 2.05) is 0 Å². The highest BCUT2D eigenvalue weighted by atomic mass is 19.4. The maximum atomic E-state index is 13.6. The van der Waals surface area contributed by atoms with Gasteiger partial charge in [0.2, 0.25) is 0 Å². The van der Waals surface area contributed by atoms with Crippen molar-refractivity contribution in [3.63, 3.8) is 0 Å². The third-order valence-corrected chi connectivity index (χ3v) is 2.80. The molecule has 1 aromatic carbocycles. The Morgan fingerprint density at radius 3 is 2.53 bits per heavy atom. The molecular formula is C12H11F4N3. The number of hydrogen-bond acceptors (Lipinski definition) is 2. The molecule has 0 fully saturated rings. The van der Waals surface area contributed by atoms with Gasteiger partial charge >= 0.3 is 6.18 Å². The van der Waals surface area contributed by atoms with E-state index in [2.05, 4.69) is 4.98 Å². The van der Waals surface area contributed by atoms with E-state index in [1.54, 1.807) is 13.2 Å². The average molecular weight is 273 g/mol. The molecule has 7 heteroatoms. The van der Waals surface area contributed by atoms with Gasteiger partial charge in [-0.3, -0.25) is 0 Å². The molecule has 0 spiro atoms. The quantitative estimate of drug-likeness (QED) is 0.855. The van der Waals surface area contributed by atoms with E-state index in [0.717, 1.165) is 6.07 Å². The molecule has 19 heavy (non-hydrogen) atoms. The Morgan fingerprint density at radius 2 is 2.00 bits per heavy atom. The molecule has 3 nitrogen and oxygen atoms in total. The van der Waals surface area contributed by atoms with Crippen LogP contribution < -0.4 is 5.73 Å². The standard InChI is InChI=1S/C12H11F4N3/c1-19-5-4-18-11(19)10(17)8-6-7(12(14,15)16)2-3-9(8)13/h2-6,10H,17H2,1H3. The molecule has 1 heterocycles. The van der Waals surface area contributed by atoms with E-state index in [4.69, 9.17) is 5.73 Å². The molecule has 0 bridgehead atoms. The molecule has 2 rings (SSSR count). The number of aromatic nitrogens is 2. The van der Waals surface area contributed by atoms with E-state index >= 15 is 0 Å². The molecule has 1 unspecified atom stereocenters. The van der Waals surface area contributed by atoms with Crippen molar-refractivity contribution in [1.82, 2.24) is 9.55 Å². The van der Waals surface area contributed by atoms with E-state index in [9.17, 15) is 17.6 Å². The van der Waals surface area contributed by atoms with Crippen LogP contribution in [0.1, 0.15) is 23.0 Å². The Morgan fingerprint density at radius 1 is 1.32 bits per heavy atom. The Balaban J connectivity index is 2.47. The minimum Gasteiger partial charge on any atom is -0.336 e. The number of imidazole rings is 1. The van der Waals surface area contributed by atoms with Crippen LogP contribution >= 0.6 is 0 Å². The predicted octanol–water partition coefficient (Wildman–Crippen LogP) is 2.63. The van der Waals surface area contributed by atoms with E-state index in [-0.39, 0.29) is 5.56 Å². The summed E-state index contributed by atoms with van der Waals surface area (Å²) in [5, 5.41) is 0. The van der Waals surface area contributed by atoms with Gasteiger partial charge in [-0.15, -0.1) is 0 Å². The van der Waals surface area contributed by atoms with Gasteiger partial charge in [0.15, 0.2) is 0 Å². The second-order valence-corrected chi connectivity index (χ2v) is 4.11. The van der Waals surface area contributed by atoms with Gasteiger partial charge in [-0.05, 0) is 18.2 Å². The molecule has 102 valence electrons. The number of rotatable bonds is 2. The number of benzene rings is 1. The summed E-state index contributed by atoms with van der Waals surface area (Å²) >= 11 is 0. The van der Waals surface area contributed by atoms with E-state index < -0.39 is 23.6 Å². The smallest absolute Gasteiger partial charge is 0.336 e. The Kier molecular flexibility index (Phi) is 3.32. The largest absolute Gasteiger partial charge is 0.416 e. The second-order valence-electron chi connectivity index (χ2n) is 4.11. The van der Waals surface area contributed by atoms with Crippen LogP contribution in [-0.2, 0) is 13.2 Å². The summed E-state index contributed by atoms with van der Waals surface area (Å²) in [5.41, 5.74) is 4.62. The SMILES string of the molecule is Cn1ccnc1C(N)c1cc(C(F)(F)F)ccc1F. The van der Waals surface area contributed by atoms with E-state index in [0.29, 0.717) is 18.0 Å². The lowest BCUT2D eigenvalue weighted by molar-refractivity contribution is -0.137. The van der Waals surface area contributed by atoms with Crippen molar-refractivity contribution in [2.75, 3.05) is 0 Å². The first kappa shape index (κ1) is 13.5. The molecule has 0 amide bonds. The van der Waals surface area contributed by atoms with Gasteiger partial charge in [0, 0.05) is 25.0 Å². The van der Waals surface area contributed by atoms with Crippen LogP contribution in [-0.4, -0.2) is 9.55 Å². The van der Waals surface area contributed by atoms with Crippen LogP contribution in [0.4, 0.5) is 17.6 Å². The van der Waals surface area contributed by atoms with Crippen molar-refractivity contribution < 1.29 is 17.6 Å². The fraction of sp³-hybridized carbons (Fsp3) is 0.250. The zero-order chi connectivity index (χ0) is 14.2. The third kappa shape index (κ3) is 2.60. The second kappa shape index (κ2) is 4.65. The molecule has 1 aromatic heterocycles. The number of halogens is 4. The minimum atomic E-state index is -4.54.